The van der Waals surface area contributed by atoms with Gasteiger partial charge in [0, 0.05) is 6.92 Å². The van der Waals surface area contributed by atoms with E-state index in [-0.39, 0.29) is 12.1 Å². The van der Waals surface area contributed by atoms with Crippen molar-refractivity contribution < 1.29 is 19.1 Å². The number of hydrogen-bond acceptors (Lipinski definition) is 4. The maximum absolute atomic E-state index is 11.4. The summed E-state index contributed by atoms with van der Waals surface area (Å²) in [5.41, 5.74) is 2.53. The molecule has 0 aliphatic heterocycles. The quantitative estimate of drug-likeness (QED) is 0.241. The fraction of sp³-hybridized carbons (Fsp3) is 0.846. The highest BCUT2D eigenvalue weighted by Gasteiger charge is 2.58. The Labute approximate surface area is 182 Å². The second kappa shape index (κ2) is 8.31. The molecule has 0 heterocycles. The van der Waals surface area contributed by atoms with Gasteiger partial charge in [0.1, 0.15) is 6.10 Å². The van der Waals surface area contributed by atoms with Crippen LogP contribution in [0, 0.1) is 40.4 Å². The second-order valence-corrected chi connectivity index (χ2v) is 11.2. The van der Waals surface area contributed by atoms with E-state index in [0.29, 0.717) is 41.7 Å². The Hall–Kier alpha value is -1.32. The molecule has 0 saturated heterocycles. The zero-order valence-electron chi connectivity index (χ0n) is 19.3. The van der Waals surface area contributed by atoms with E-state index in [1.807, 2.05) is 0 Å². The highest BCUT2D eigenvalue weighted by Crippen LogP contribution is 2.67. The number of ether oxygens (including phenoxy) is 2. The molecule has 0 N–H and O–H groups in total. The van der Waals surface area contributed by atoms with E-state index >= 15 is 0 Å². The first-order valence-corrected chi connectivity index (χ1v) is 12.2. The van der Waals surface area contributed by atoms with Crippen LogP contribution in [0.4, 0.5) is 0 Å². The van der Waals surface area contributed by atoms with Gasteiger partial charge in [-0.15, -0.1) is 0 Å². The van der Waals surface area contributed by atoms with E-state index in [9.17, 15) is 9.59 Å². The highest BCUT2D eigenvalue weighted by molar-refractivity contribution is 5.66. The Kier molecular flexibility index (Phi) is 6.07. The van der Waals surface area contributed by atoms with Crippen molar-refractivity contribution in [2.45, 2.75) is 91.6 Å². The Morgan fingerprint density at radius 3 is 2.63 bits per heavy atom. The summed E-state index contributed by atoms with van der Waals surface area (Å²) in [7, 11) is 0. The summed E-state index contributed by atoms with van der Waals surface area (Å²) < 4.78 is 10.6. The zero-order valence-corrected chi connectivity index (χ0v) is 19.3. The first-order chi connectivity index (χ1) is 14.3. The number of carbonyl (C=O) groups excluding carboxylic acids is 2. The lowest BCUT2D eigenvalue weighted by molar-refractivity contribution is -0.152. The van der Waals surface area contributed by atoms with Crippen LogP contribution in [0.5, 0.6) is 0 Å². The molecule has 4 unspecified atom stereocenters. The minimum Gasteiger partial charge on any atom is -0.468 e. The van der Waals surface area contributed by atoms with Crippen molar-refractivity contribution in [1.82, 2.24) is 0 Å². The predicted octanol–water partition coefficient (Wildman–Crippen LogP) is 5.70. The van der Waals surface area contributed by atoms with Crippen molar-refractivity contribution in [2.75, 3.05) is 6.61 Å². The third-order valence-electron chi connectivity index (χ3n) is 9.88. The minimum atomic E-state index is -0.131. The van der Waals surface area contributed by atoms with Gasteiger partial charge >= 0.3 is 5.97 Å². The molecule has 3 fully saturated rings. The number of fused-ring (bicyclic) bond motifs is 5. The van der Waals surface area contributed by atoms with Gasteiger partial charge in [-0.05, 0) is 98.2 Å². The van der Waals surface area contributed by atoms with Crippen LogP contribution < -0.4 is 0 Å². The number of carbonyl (C=O) groups is 2. The third-order valence-corrected chi connectivity index (χ3v) is 9.88. The molecule has 8 atom stereocenters. The molecule has 0 aromatic rings. The Morgan fingerprint density at radius 2 is 1.90 bits per heavy atom. The number of hydrogen-bond donors (Lipinski definition) is 0. The summed E-state index contributed by atoms with van der Waals surface area (Å²) in [6, 6.07) is 0. The van der Waals surface area contributed by atoms with E-state index in [2.05, 4.69) is 26.8 Å². The van der Waals surface area contributed by atoms with Gasteiger partial charge in [-0.2, -0.15) is 0 Å². The van der Waals surface area contributed by atoms with Crippen LogP contribution in [0.2, 0.25) is 0 Å². The SMILES string of the molecule is CC(=O)O[C@H]1CC[C@@]2(C)C(CC=C3C2CC[C@@]2(C)C3CCC2[C@H](C)CCOC=O)C1. The molecule has 4 nitrogen and oxygen atoms in total. The van der Waals surface area contributed by atoms with Crippen LogP contribution in [0.3, 0.4) is 0 Å². The molecule has 0 aromatic carbocycles. The van der Waals surface area contributed by atoms with Crippen molar-refractivity contribution >= 4 is 12.4 Å². The first-order valence-electron chi connectivity index (χ1n) is 12.2. The van der Waals surface area contributed by atoms with Gasteiger partial charge in [0.05, 0.1) is 6.61 Å². The molecule has 0 amide bonds. The van der Waals surface area contributed by atoms with Crippen molar-refractivity contribution in [3.05, 3.63) is 11.6 Å². The van der Waals surface area contributed by atoms with Crippen LogP contribution in [-0.2, 0) is 19.1 Å². The molecular formula is C26H40O4. The summed E-state index contributed by atoms with van der Waals surface area (Å²) in [5, 5.41) is 0. The summed E-state index contributed by atoms with van der Waals surface area (Å²) in [6.07, 6.45) is 13.4. The zero-order chi connectivity index (χ0) is 21.5. The molecule has 0 radical (unpaired) electrons. The van der Waals surface area contributed by atoms with Crippen LogP contribution in [0.15, 0.2) is 11.6 Å². The van der Waals surface area contributed by atoms with Crippen molar-refractivity contribution in [3.8, 4) is 0 Å². The fourth-order valence-electron chi connectivity index (χ4n) is 8.29. The normalized spacial score (nSPS) is 43.5. The van der Waals surface area contributed by atoms with E-state index in [0.717, 1.165) is 37.5 Å². The highest BCUT2D eigenvalue weighted by atomic mass is 16.5. The van der Waals surface area contributed by atoms with E-state index in [1.54, 1.807) is 5.57 Å². The van der Waals surface area contributed by atoms with E-state index in [1.165, 1.54) is 39.0 Å². The van der Waals surface area contributed by atoms with Gasteiger partial charge in [-0.1, -0.05) is 32.4 Å². The molecule has 3 saturated carbocycles. The molecule has 4 aliphatic carbocycles. The van der Waals surface area contributed by atoms with Crippen LogP contribution in [0.25, 0.3) is 0 Å². The number of allylic oxidation sites excluding steroid dienone is 2. The molecule has 4 heteroatoms. The van der Waals surface area contributed by atoms with Crippen molar-refractivity contribution in [3.63, 3.8) is 0 Å². The van der Waals surface area contributed by atoms with Gasteiger partial charge < -0.3 is 9.47 Å². The third kappa shape index (κ3) is 3.62. The summed E-state index contributed by atoms with van der Waals surface area (Å²) >= 11 is 0. The maximum Gasteiger partial charge on any atom is 0.302 e. The maximum atomic E-state index is 11.4. The van der Waals surface area contributed by atoms with Gasteiger partial charge in [0.2, 0.25) is 0 Å². The van der Waals surface area contributed by atoms with E-state index < -0.39 is 0 Å². The molecule has 4 aliphatic rings. The second-order valence-electron chi connectivity index (χ2n) is 11.2. The van der Waals surface area contributed by atoms with Crippen LogP contribution in [-0.4, -0.2) is 25.2 Å². The number of rotatable bonds is 6. The molecule has 4 rings (SSSR count). The number of esters is 1. The fourth-order valence-corrected chi connectivity index (χ4v) is 8.29. The van der Waals surface area contributed by atoms with Gasteiger partial charge in [-0.25, -0.2) is 0 Å². The Morgan fingerprint density at radius 1 is 1.17 bits per heavy atom. The van der Waals surface area contributed by atoms with Crippen molar-refractivity contribution in [1.29, 1.82) is 0 Å². The van der Waals surface area contributed by atoms with Gasteiger partial charge in [0.15, 0.2) is 0 Å². The van der Waals surface area contributed by atoms with Crippen LogP contribution in [0.1, 0.15) is 85.5 Å². The lowest BCUT2D eigenvalue weighted by Crippen LogP contribution is -2.50. The summed E-state index contributed by atoms with van der Waals surface area (Å²) in [4.78, 5) is 22.0. The largest absolute Gasteiger partial charge is 0.468 e. The molecule has 0 bridgehead atoms. The van der Waals surface area contributed by atoms with Crippen molar-refractivity contribution in [2.24, 2.45) is 40.4 Å². The topological polar surface area (TPSA) is 52.6 Å². The molecule has 0 spiro atoms. The Balaban J connectivity index is 1.50. The lowest BCUT2D eigenvalue weighted by atomic mass is 9.47. The monoisotopic (exact) mass is 416 g/mol. The smallest absolute Gasteiger partial charge is 0.302 e. The van der Waals surface area contributed by atoms with E-state index in [4.69, 9.17) is 9.47 Å². The molecule has 168 valence electrons. The minimum absolute atomic E-state index is 0.120. The van der Waals surface area contributed by atoms with Crippen LogP contribution >= 0.6 is 0 Å². The summed E-state index contributed by atoms with van der Waals surface area (Å²) in [6.45, 7) is 10.1. The molecule has 0 aromatic heterocycles. The summed E-state index contributed by atoms with van der Waals surface area (Å²) in [5.74, 6) is 3.27. The average molecular weight is 417 g/mol. The first kappa shape index (κ1) is 21.9. The standard InChI is InChI=1S/C26H40O4/c1-17(11-14-29-16-27)22-7-8-23-21-6-5-19-15-20(30-18(2)28)9-12-25(19,3)24(21)10-13-26(22,23)4/h6,16-17,19-20,22-24H,5,7-15H2,1-4H3/t17-,19?,20+,22?,23?,24?,25+,26-/m1/s1. The molecular weight excluding hydrogens is 376 g/mol. The molecule has 30 heavy (non-hydrogen) atoms. The van der Waals surface area contributed by atoms with Gasteiger partial charge in [-0.3, -0.25) is 9.59 Å². The Bertz CT molecular complexity index is 699. The predicted molar refractivity (Wildman–Crippen MR) is 117 cm³/mol. The lowest BCUT2D eigenvalue weighted by Gasteiger charge is -2.58. The van der Waals surface area contributed by atoms with Gasteiger partial charge in [0.25, 0.3) is 6.47 Å². The average Bonchev–Trinajstić information content (AvgIpc) is 3.05.